The standard InChI is InChI=1S/C7H14N2O/c1-7-5-8-3-6(7)4-10-9(7)2/h6,8H,3-5H2,1-2H3. The Balaban J connectivity index is 2.21. The summed E-state index contributed by atoms with van der Waals surface area (Å²) in [5, 5.41) is 5.37. The molecule has 0 aliphatic carbocycles. The zero-order valence-corrected chi connectivity index (χ0v) is 6.55. The second kappa shape index (κ2) is 1.94. The van der Waals surface area contributed by atoms with Gasteiger partial charge in [0.05, 0.1) is 12.1 Å². The summed E-state index contributed by atoms with van der Waals surface area (Å²) in [6.07, 6.45) is 0. The highest BCUT2D eigenvalue weighted by molar-refractivity contribution is 5.00. The van der Waals surface area contributed by atoms with Crippen molar-refractivity contribution < 1.29 is 4.84 Å². The van der Waals surface area contributed by atoms with Gasteiger partial charge in [0.25, 0.3) is 0 Å². The van der Waals surface area contributed by atoms with Gasteiger partial charge in [0.1, 0.15) is 0 Å². The minimum Gasteiger partial charge on any atom is -0.314 e. The summed E-state index contributed by atoms with van der Waals surface area (Å²) in [4.78, 5) is 5.42. The van der Waals surface area contributed by atoms with Crippen LogP contribution < -0.4 is 5.32 Å². The Hall–Kier alpha value is -0.120. The maximum Gasteiger partial charge on any atom is 0.0744 e. The molecule has 0 spiro atoms. The van der Waals surface area contributed by atoms with E-state index in [1.807, 2.05) is 12.1 Å². The van der Waals surface area contributed by atoms with E-state index < -0.39 is 0 Å². The van der Waals surface area contributed by atoms with E-state index in [9.17, 15) is 0 Å². The molecule has 0 radical (unpaired) electrons. The minimum absolute atomic E-state index is 0.264. The Morgan fingerprint density at radius 2 is 2.50 bits per heavy atom. The number of fused-ring (bicyclic) bond motifs is 1. The first-order valence-corrected chi connectivity index (χ1v) is 3.81. The smallest absolute Gasteiger partial charge is 0.0744 e. The van der Waals surface area contributed by atoms with E-state index >= 15 is 0 Å². The highest BCUT2D eigenvalue weighted by Crippen LogP contribution is 2.33. The summed E-state index contributed by atoms with van der Waals surface area (Å²) in [7, 11) is 2.02. The molecule has 2 aliphatic rings. The minimum atomic E-state index is 0.264. The van der Waals surface area contributed by atoms with Gasteiger partial charge in [-0.3, -0.25) is 4.84 Å². The first-order valence-electron chi connectivity index (χ1n) is 3.81. The number of rotatable bonds is 0. The van der Waals surface area contributed by atoms with Gasteiger partial charge in [0.2, 0.25) is 0 Å². The van der Waals surface area contributed by atoms with E-state index in [0.29, 0.717) is 5.92 Å². The van der Waals surface area contributed by atoms with Crippen molar-refractivity contribution in [3.63, 3.8) is 0 Å². The van der Waals surface area contributed by atoms with E-state index in [0.717, 1.165) is 19.7 Å². The topological polar surface area (TPSA) is 24.5 Å². The molecule has 0 aromatic heterocycles. The fraction of sp³-hybridized carbons (Fsp3) is 1.00. The highest BCUT2D eigenvalue weighted by atomic mass is 16.7. The van der Waals surface area contributed by atoms with E-state index in [1.165, 1.54) is 0 Å². The Kier molecular flexibility index (Phi) is 1.27. The Morgan fingerprint density at radius 3 is 3.20 bits per heavy atom. The Morgan fingerprint density at radius 1 is 1.70 bits per heavy atom. The summed E-state index contributed by atoms with van der Waals surface area (Å²) in [6.45, 7) is 5.32. The molecule has 2 aliphatic heterocycles. The van der Waals surface area contributed by atoms with Crippen molar-refractivity contribution in [1.29, 1.82) is 0 Å². The molecule has 0 aromatic carbocycles. The molecule has 2 unspecified atom stereocenters. The average Bonchev–Trinajstić information content (AvgIpc) is 2.36. The quantitative estimate of drug-likeness (QED) is 0.508. The van der Waals surface area contributed by atoms with Crippen molar-refractivity contribution in [1.82, 2.24) is 10.4 Å². The third kappa shape index (κ3) is 0.654. The molecular weight excluding hydrogens is 128 g/mol. The summed E-state index contributed by atoms with van der Waals surface area (Å²) in [5.41, 5.74) is 0.264. The van der Waals surface area contributed by atoms with Gasteiger partial charge in [-0.15, -0.1) is 0 Å². The molecule has 58 valence electrons. The molecule has 0 bridgehead atoms. The van der Waals surface area contributed by atoms with Crippen molar-refractivity contribution in [2.24, 2.45) is 5.92 Å². The van der Waals surface area contributed by atoms with Crippen LogP contribution in [0.15, 0.2) is 0 Å². The van der Waals surface area contributed by atoms with Crippen LogP contribution in [0.4, 0.5) is 0 Å². The number of likely N-dealkylation sites (N-methyl/N-ethyl adjacent to an activating group) is 1. The van der Waals surface area contributed by atoms with Gasteiger partial charge in [0.15, 0.2) is 0 Å². The summed E-state index contributed by atoms with van der Waals surface area (Å²) >= 11 is 0. The molecule has 1 N–H and O–H groups in total. The van der Waals surface area contributed by atoms with Crippen molar-refractivity contribution in [2.75, 3.05) is 26.7 Å². The predicted octanol–water partition coefficient (Wildman–Crippen LogP) is -0.159. The van der Waals surface area contributed by atoms with Crippen LogP contribution in [0.5, 0.6) is 0 Å². The van der Waals surface area contributed by atoms with Gasteiger partial charge in [0, 0.05) is 26.1 Å². The molecule has 0 saturated carbocycles. The zero-order valence-electron chi connectivity index (χ0n) is 6.55. The van der Waals surface area contributed by atoms with Gasteiger partial charge >= 0.3 is 0 Å². The monoisotopic (exact) mass is 142 g/mol. The first kappa shape index (κ1) is 6.58. The normalized spacial score (nSPS) is 48.0. The Bertz CT molecular complexity index is 151. The Labute approximate surface area is 61.3 Å². The van der Waals surface area contributed by atoms with Crippen molar-refractivity contribution >= 4 is 0 Å². The van der Waals surface area contributed by atoms with Crippen LogP contribution >= 0.6 is 0 Å². The number of nitrogens with zero attached hydrogens (tertiary/aromatic N) is 1. The number of nitrogens with one attached hydrogen (secondary N) is 1. The molecular formula is C7H14N2O. The van der Waals surface area contributed by atoms with Crippen molar-refractivity contribution in [3.8, 4) is 0 Å². The highest BCUT2D eigenvalue weighted by Gasteiger charge is 2.47. The second-order valence-corrected chi connectivity index (χ2v) is 3.48. The molecule has 0 amide bonds. The molecule has 2 rings (SSSR count). The van der Waals surface area contributed by atoms with E-state index in [2.05, 4.69) is 12.2 Å². The molecule has 2 fully saturated rings. The fourth-order valence-electron chi connectivity index (χ4n) is 1.82. The second-order valence-electron chi connectivity index (χ2n) is 3.48. The maximum absolute atomic E-state index is 5.42. The molecule has 2 heterocycles. The summed E-state index contributed by atoms with van der Waals surface area (Å²) in [6, 6.07) is 0. The SMILES string of the molecule is CN1OCC2CNCC21C. The lowest BCUT2D eigenvalue weighted by Gasteiger charge is -2.27. The molecule has 0 aromatic rings. The van der Waals surface area contributed by atoms with Crippen LogP contribution in [-0.4, -0.2) is 37.3 Å². The number of hydrogen-bond acceptors (Lipinski definition) is 3. The van der Waals surface area contributed by atoms with Gasteiger partial charge in [-0.2, -0.15) is 5.06 Å². The van der Waals surface area contributed by atoms with Gasteiger partial charge < -0.3 is 5.32 Å². The molecule has 2 atom stereocenters. The fourth-order valence-corrected chi connectivity index (χ4v) is 1.82. The van der Waals surface area contributed by atoms with Gasteiger partial charge in [-0.25, -0.2) is 0 Å². The van der Waals surface area contributed by atoms with Crippen LogP contribution in [0.2, 0.25) is 0 Å². The molecule has 2 saturated heterocycles. The first-order chi connectivity index (χ1) is 4.73. The van der Waals surface area contributed by atoms with Crippen LogP contribution in [0.1, 0.15) is 6.92 Å². The van der Waals surface area contributed by atoms with Crippen molar-refractivity contribution in [2.45, 2.75) is 12.5 Å². The third-order valence-corrected chi connectivity index (χ3v) is 2.94. The molecule has 3 heteroatoms. The van der Waals surface area contributed by atoms with E-state index in [-0.39, 0.29) is 5.54 Å². The lowest BCUT2D eigenvalue weighted by atomic mass is 9.91. The van der Waals surface area contributed by atoms with Crippen LogP contribution in [0.3, 0.4) is 0 Å². The van der Waals surface area contributed by atoms with E-state index in [1.54, 1.807) is 0 Å². The van der Waals surface area contributed by atoms with Crippen LogP contribution in [0.25, 0.3) is 0 Å². The van der Waals surface area contributed by atoms with Crippen LogP contribution in [-0.2, 0) is 4.84 Å². The largest absolute Gasteiger partial charge is 0.314 e. The number of hydrogen-bond donors (Lipinski definition) is 1. The molecule has 3 nitrogen and oxygen atoms in total. The van der Waals surface area contributed by atoms with Crippen molar-refractivity contribution in [3.05, 3.63) is 0 Å². The summed E-state index contributed by atoms with van der Waals surface area (Å²) in [5.74, 6) is 0.692. The third-order valence-electron chi connectivity index (χ3n) is 2.94. The summed E-state index contributed by atoms with van der Waals surface area (Å²) < 4.78 is 0. The average molecular weight is 142 g/mol. The number of hydroxylamine groups is 2. The zero-order chi connectivity index (χ0) is 7.19. The van der Waals surface area contributed by atoms with E-state index in [4.69, 9.17) is 4.84 Å². The molecule has 10 heavy (non-hydrogen) atoms. The van der Waals surface area contributed by atoms with Gasteiger partial charge in [-0.05, 0) is 6.92 Å². The predicted molar refractivity (Wildman–Crippen MR) is 38.5 cm³/mol. The lowest BCUT2D eigenvalue weighted by Crippen LogP contribution is -2.43. The van der Waals surface area contributed by atoms with Crippen LogP contribution in [0, 0.1) is 5.92 Å². The lowest BCUT2D eigenvalue weighted by molar-refractivity contribution is -0.135. The maximum atomic E-state index is 5.42. The van der Waals surface area contributed by atoms with Gasteiger partial charge in [-0.1, -0.05) is 0 Å².